The Kier molecular flexibility index (Phi) is 11.1. The van der Waals surface area contributed by atoms with Gasteiger partial charge in [0.2, 0.25) is 11.9 Å². The summed E-state index contributed by atoms with van der Waals surface area (Å²) in [7, 11) is -4.02. The van der Waals surface area contributed by atoms with E-state index in [2.05, 4.69) is 9.88 Å². The van der Waals surface area contributed by atoms with E-state index in [-0.39, 0.29) is 29.6 Å². The number of anilines is 1. The molecule has 1 atom stereocenters. The van der Waals surface area contributed by atoms with Gasteiger partial charge in [0.1, 0.15) is 18.3 Å². The summed E-state index contributed by atoms with van der Waals surface area (Å²) in [4.78, 5) is 38.8. The van der Waals surface area contributed by atoms with E-state index in [0.717, 1.165) is 16.6 Å². The molecule has 0 fully saturated rings. The van der Waals surface area contributed by atoms with Crippen LogP contribution >= 0.6 is 0 Å². The number of oxime groups is 1. The molecule has 0 aliphatic heterocycles. The Morgan fingerprint density at radius 1 is 1.13 bits per heavy atom. The Morgan fingerprint density at radius 2 is 1.68 bits per heavy atom. The summed E-state index contributed by atoms with van der Waals surface area (Å²) in [5.41, 5.74) is 16.2. The number of amides is 1. The maximum Gasteiger partial charge on any atom is 0.490 e. The molecule has 8 N–H and O–H groups in total. The molecule has 0 bridgehead atoms. The number of primary amides is 1. The number of pyridine rings is 1. The van der Waals surface area contributed by atoms with Crippen LogP contribution in [0.25, 0.3) is 0 Å². The first-order valence-corrected chi connectivity index (χ1v) is 12.1. The molecule has 2 rings (SSSR count). The van der Waals surface area contributed by atoms with Gasteiger partial charge in [0.05, 0.1) is 4.90 Å². The zero-order valence-electron chi connectivity index (χ0n) is 20.2. The third-order valence-electron chi connectivity index (χ3n) is 4.74. The number of halogens is 3. The molecular formula is C21H27F3N6O7S. The number of alkyl halides is 3. The lowest BCUT2D eigenvalue weighted by molar-refractivity contribution is -0.192. The number of nitrogens with zero attached hydrogens (tertiary/aromatic N) is 2. The van der Waals surface area contributed by atoms with Crippen LogP contribution < -0.4 is 27.5 Å². The lowest BCUT2D eigenvalue weighted by atomic mass is 10.1. The largest absolute Gasteiger partial charge is 0.490 e. The molecule has 2 aromatic rings. The number of carbonyl (C=O) groups is 2. The van der Waals surface area contributed by atoms with E-state index >= 15 is 0 Å². The molecule has 17 heteroatoms. The summed E-state index contributed by atoms with van der Waals surface area (Å²) in [6.07, 6.45) is -4.33. The number of sulfonamides is 1. The highest BCUT2D eigenvalue weighted by Gasteiger charge is 2.38. The molecule has 0 radical (unpaired) electrons. The van der Waals surface area contributed by atoms with Crippen molar-refractivity contribution in [3.63, 3.8) is 0 Å². The average molecular weight is 565 g/mol. The summed E-state index contributed by atoms with van der Waals surface area (Å²) in [5.74, 6) is -3.85. The predicted molar refractivity (Wildman–Crippen MR) is 130 cm³/mol. The van der Waals surface area contributed by atoms with Crippen molar-refractivity contribution >= 4 is 33.5 Å². The summed E-state index contributed by atoms with van der Waals surface area (Å²) in [5, 5.41) is 10.5. The van der Waals surface area contributed by atoms with Gasteiger partial charge >= 0.3 is 12.1 Å². The Labute approximate surface area is 215 Å². The van der Waals surface area contributed by atoms with Gasteiger partial charge in [-0.3, -0.25) is 18.9 Å². The van der Waals surface area contributed by atoms with Crippen LogP contribution in [0.4, 0.5) is 18.9 Å². The quantitative estimate of drug-likeness (QED) is 0.119. The highest BCUT2D eigenvalue weighted by Crippen LogP contribution is 2.18. The molecule has 0 aliphatic carbocycles. The van der Waals surface area contributed by atoms with E-state index in [9.17, 15) is 31.2 Å². The molecule has 0 saturated carbocycles. The van der Waals surface area contributed by atoms with Gasteiger partial charge < -0.3 is 27.1 Å². The van der Waals surface area contributed by atoms with Gasteiger partial charge in [-0.1, -0.05) is 19.1 Å². The summed E-state index contributed by atoms with van der Waals surface area (Å²) >= 11 is 0. The Balaban J connectivity index is 0.000000905. The molecule has 1 heterocycles. The number of nitrogens with two attached hydrogens (primary N) is 3. The summed E-state index contributed by atoms with van der Waals surface area (Å²) < 4.78 is 60.6. The third-order valence-corrected chi connectivity index (χ3v) is 6.12. The smallest absolute Gasteiger partial charge is 0.475 e. The number of carboxylic acids is 1. The minimum Gasteiger partial charge on any atom is -0.475 e. The van der Waals surface area contributed by atoms with E-state index in [1.807, 2.05) is 6.92 Å². The second-order valence-electron chi connectivity index (χ2n) is 7.53. The van der Waals surface area contributed by atoms with Gasteiger partial charge in [0, 0.05) is 12.1 Å². The molecule has 13 nitrogen and oxygen atoms in total. The van der Waals surface area contributed by atoms with Crippen molar-refractivity contribution < 1.29 is 41.1 Å². The van der Waals surface area contributed by atoms with E-state index in [4.69, 9.17) is 31.9 Å². The van der Waals surface area contributed by atoms with Crippen LogP contribution in [-0.4, -0.2) is 48.7 Å². The molecule has 0 saturated heterocycles. The number of benzene rings is 1. The fourth-order valence-electron chi connectivity index (χ4n) is 2.90. The number of aryl methyl sites for hydroxylation is 2. The standard InChI is InChI=1S/C19H26N6O5S.C2HF3O2/c1-3-13-5-7-14(8-6-13)31(28,29)24-15-9-4-12(2)25(18(15)27)16(17(20)26)10-11-30-23-19(21)22;3-2(4,5)1(6)7/h4-9,16,24H,3,10-11H2,1-2H3,(H2,20,26)(H4,21,22,23);(H,6,7). The van der Waals surface area contributed by atoms with Crippen molar-refractivity contribution in [2.45, 2.75) is 43.8 Å². The lowest BCUT2D eigenvalue weighted by Gasteiger charge is -2.20. The molecule has 1 aromatic heterocycles. The Bertz CT molecular complexity index is 1320. The average Bonchev–Trinajstić information content (AvgIpc) is 2.81. The number of hydrogen-bond donors (Lipinski definition) is 5. The number of hydrogen-bond acceptors (Lipinski definition) is 7. The number of guanidine groups is 1. The van der Waals surface area contributed by atoms with Crippen molar-refractivity contribution in [2.75, 3.05) is 11.3 Å². The van der Waals surface area contributed by atoms with Crippen molar-refractivity contribution in [3.05, 3.63) is 58.0 Å². The summed E-state index contributed by atoms with van der Waals surface area (Å²) in [6, 6.07) is 8.05. The fraction of sp³-hybridized carbons (Fsp3) is 0.333. The molecule has 1 aromatic carbocycles. The number of nitrogens with one attached hydrogen (secondary N) is 1. The van der Waals surface area contributed by atoms with Crippen LogP contribution in [0.3, 0.4) is 0 Å². The molecule has 0 spiro atoms. The van der Waals surface area contributed by atoms with Crippen LogP contribution in [0, 0.1) is 6.92 Å². The molecule has 38 heavy (non-hydrogen) atoms. The normalized spacial score (nSPS) is 11.9. The van der Waals surface area contributed by atoms with E-state index in [0.29, 0.717) is 5.69 Å². The van der Waals surface area contributed by atoms with Crippen LogP contribution in [0.15, 0.2) is 51.2 Å². The van der Waals surface area contributed by atoms with Gasteiger partial charge in [-0.05, 0) is 48.3 Å². The maximum atomic E-state index is 13.0. The first-order valence-electron chi connectivity index (χ1n) is 10.7. The minimum absolute atomic E-state index is 0.00770. The van der Waals surface area contributed by atoms with Gasteiger partial charge in [0.15, 0.2) is 0 Å². The first-order chi connectivity index (χ1) is 17.5. The first kappa shape index (κ1) is 31.7. The maximum absolute atomic E-state index is 13.0. The van der Waals surface area contributed by atoms with Crippen molar-refractivity contribution in [3.8, 4) is 0 Å². The van der Waals surface area contributed by atoms with Crippen molar-refractivity contribution in [1.29, 1.82) is 0 Å². The van der Waals surface area contributed by atoms with Gasteiger partial charge in [-0.25, -0.2) is 13.2 Å². The third kappa shape index (κ3) is 9.30. The minimum atomic E-state index is -5.08. The Morgan fingerprint density at radius 3 is 2.13 bits per heavy atom. The highest BCUT2D eigenvalue weighted by atomic mass is 32.2. The van der Waals surface area contributed by atoms with Crippen LogP contribution in [0.5, 0.6) is 0 Å². The number of carbonyl (C=O) groups excluding carboxylic acids is 1. The van der Waals surface area contributed by atoms with E-state index in [1.165, 1.54) is 24.3 Å². The molecule has 210 valence electrons. The number of aliphatic carboxylic acids is 1. The predicted octanol–water partition coefficient (Wildman–Crippen LogP) is 0.775. The zero-order valence-corrected chi connectivity index (χ0v) is 21.0. The number of aromatic nitrogens is 1. The summed E-state index contributed by atoms with van der Waals surface area (Å²) in [6.45, 7) is 3.45. The second-order valence-corrected chi connectivity index (χ2v) is 9.21. The van der Waals surface area contributed by atoms with Gasteiger partial charge in [0.25, 0.3) is 15.6 Å². The molecule has 1 amide bonds. The van der Waals surface area contributed by atoms with Crippen molar-refractivity contribution in [1.82, 2.24) is 4.57 Å². The molecular weight excluding hydrogens is 537 g/mol. The van der Waals surface area contributed by atoms with E-state index in [1.54, 1.807) is 19.1 Å². The molecule has 1 unspecified atom stereocenters. The SMILES string of the molecule is CCc1ccc(S(=O)(=O)Nc2ccc(C)n(C(CCON=C(N)N)C(N)=O)c2=O)cc1.O=C(O)C(F)(F)F. The van der Waals surface area contributed by atoms with Crippen LogP contribution in [-0.2, 0) is 30.9 Å². The number of rotatable bonds is 10. The lowest BCUT2D eigenvalue weighted by Crippen LogP contribution is -2.37. The number of carboxylic acid groups (broad SMARTS) is 1. The van der Waals surface area contributed by atoms with Crippen LogP contribution in [0.1, 0.15) is 30.6 Å². The monoisotopic (exact) mass is 564 g/mol. The fourth-order valence-corrected chi connectivity index (χ4v) is 3.96. The molecule has 0 aliphatic rings. The topological polar surface area (TPSA) is 222 Å². The Hall–Kier alpha value is -4.28. The van der Waals surface area contributed by atoms with Gasteiger partial charge in [-0.2, -0.15) is 13.2 Å². The van der Waals surface area contributed by atoms with Crippen molar-refractivity contribution in [2.24, 2.45) is 22.4 Å². The highest BCUT2D eigenvalue weighted by molar-refractivity contribution is 7.92. The second kappa shape index (κ2) is 13.3. The van der Waals surface area contributed by atoms with Crippen LogP contribution in [0.2, 0.25) is 0 Å². The van der Waals surface area contributed by atoms with E-state index < -0.39 is 39.7 Å². The zero-order chi connectivity index (χ0) is 29.3. The van der Waals surface area contributed by atoms with Gasteiger partial charge in [-0.15, -0.1) is 0 Å².